The van der Waals surface area contributed by atoms with Gasteiger partial charge in [-0.3, -0.25) is 4.79 Å². The molecule has 1 saturated heterocycles. The van der Waals surface area contributed by atoms with Crippen LogP contribution in [0.2, 0.25) is 0 Å². The number of methoxy groups -OCH3 is 1. The maximum atomic E-state index is 13.0. The van der Waals surface area contributed by atoms with Crippen molar-refractivity contribution in [2.75, 3.05) is 33.4 Å². The van der Waals surface area contributed by atoms with Crippen LogP contribution in [-0.2, 0) is 20.2 Å². The summed E-state index contributed by atoms with van der Waals surface area (Å²) in [4.78, 5) is 12.8. The first-order chi connectivity index (χ1) is 15.6. The Labute approximate surface area is 197 Å². The molecule has 8 heteroatoms. The summed E-state index contributed by atoms with van der Waals surface area (Å²) < 4.78 is 38.4. The number of benzene rings is 2. The molecule has 180 valence electrons. The Bertz CT molecular complexity index is 1040. The van der Waals surface area contributed by atoms with Gasteiger partial charge < -0.3 is 14.8 Å². The second kappa shape index (κ2) is 10.6. The average Bonchev–Trinajstić information content (AvgIpc) is 2.81. The van der Waals surface area contributed by atoms with E-state index in [1.54, 1.807) is 19.2 Å². The smallest absolute Gasteiger partial charge is 0.243 e. The van der Waals surface area contributed by atoms with Crippen molar-refractivity contribution in [3.05, 3.63) is 54.1 Å². The number of piperidine rings is 1. The van der Waals surface area contributed by atoms with Gasteiger partial charge in [0.1, 0.15) is 6.61 Å². The first kappa shape index (κ1) is 25.1. The van der Waals surface area contributed by atoms with Crippen molar-refractivity contribution in [3.8, 4) is 11.5 Å². The van der Waals surface area contributed by atoms with Crippen LogP contribution < -0.4 is 14.8 Å². The van der Waals surface area contributed by atoms with Crippen molar-refractivity contribution in [1.29, 1.82) is 0 Å². The third-order valence-electron chi connectivity index (χ3n) is 5.91. The van der Waals surface area contributed by atoms with E-state index in [4.69, 9.17) is 9.47 Å². The Kier molecular flexibility index (Phi) is 8.02. The van der Waals surface area contributed by atoms with Crippen molar-refractivity contribution < 1.29 is 22.7 Å². The molecule has 0 unspecified atom stereocenters. The lowest BCUT2D eigenvalue weighted by Crippen LogP contribution is -2.43. The zero-order valence-corrected chi connectivity index (χ0v) is 20.7. The number of rotatable bonds is 8. The second-order valence-corrected chi connectivity index (χ2v) is 11.2. The molecule has 1 amide bonds. The minimum Gasteiger partial charge on any atom is -0.493 e. The maximum Gasteiger partial charge on any atom is 0.243 e. The van der Waals surface area contributed by atoms with Crippen LogP contribution in [0.25, 0.3) is 0 Å². The summed E-state index contributed by atoms with van der Waals surface area (Å²) in [6.07, 6.45) is 0.997. The number of amides is 1. The van der Waals surface area contributed by atoms with E-state index in [0.29, 0.717) is 55.5 Å². The van der Waals surface area contributed by atoms with Crippen LogP contribution in [0, 0.1) is 5.92 Å². The number of ether oxygens (including phenoxy) is 2. The minimum atomic E-state index is -3.56. The third kappa shape index (κ3) is 6.26. The molecule has 0 aliphatic carbocycles. The summed E-state index contributed by atoms with van der Waals surface area (Å²) in [6.45, 7) is 7.64. The zero-order valence-electron chi connectivity index (χ0n) is 19.8. The summed E-state index contributed by atoms with van der Waals surface area (Å²) in [5.74, 6) is 1.00. The number of hydrogen-bond acceptors (Lipinski definition) is 5. The van der Waals surface area contributed by atoms with E-state index < -0.39 is 10.0 Å². The van der Waals surface area contributed by atoms with E-state index in [1.807, 2.05) is 36.4 Å². The third-order valence-corrected chi connectivity index (χ3v) is 7.82. The average molecular weight is 475 g/mol. The van der Waals surface area contributed by atoms with E-state index in [-0.39, 0.29) is 17.2 Å². The van der Waals surface area contributed by atoms with E-state index in [1.165, 1.54) is 4.31 Å². The van der Waals surface area contributed by atoms with Gasteiger partial charge in [0.2, 0.25) is 15.9 Å². The summed E-state index contributed by atoms with van der Waals surface area (Å²) in [5.41, 5.74) is 1.05. The molecule has 1 aliphatic rings. The van der Waals surface area contributed by atoms with Crippen LogP contribution in [0.1, 0.15) is 39.2 Å². The zero-order chi connectivity index (χ0) is 24.1. The molecule has 7 nitrogen and oxygen atoms in total. The number of sulfonamides is 1. The molecular formula is C25H34N2O5S. The summed E-state index contributed by atoms with van der Waals surface area (Å²) in [7, 11) is -1.98. The van der Waals surface area contributed by atoms with E-state index in [0.717, 1.165) is 5.56 Å². The standard InChI is InChI=1S/C25H34N2O5S/c1-25(2,3)20-9-11-21(12-10-20)33(29,30)27-16-13-19(14-17-27)24(28)26-15-18-32-23-8-6-5-7-22(23)31-4/h5-12,19H,13-18H2,1-4H3,(H,26,28). The molecule has 1 N–H and O–H groups in total. The number of carbonyl (C=O) groups excluding carboxylic acids is 1. The monoisotopic (exact) mass is 474 g/mol. The van der Waals surface area contributed by atoms with Crippen molar-refractivity contribution in [3.63, 3.8) is 0 Å². The van der Waals surface area contributed by atoms with Crippen molar-refractivity contribution in [2.45, 2.75) is 43.9 Å². The summed E-state index contributed by atoms with van der Waals surface area (Å²) in [6, 6.07) is 14.5. The molecule has 1 fully saturated rings. The molecule has 0 radical (unpaired) electrons. The molecule has 0 saturated carbocycles. The van der Waals surface area contributed by atoms with Gasteiger partial charge in [-0.1, -0.05) is 45.0 Å². The number of hydrogen-bond donors (Lipinski definition) is 1. The fraction of sp³-hybridized carbons (Fsp3) is 0.480. The fourth-order valence-corrected chi connectivity index (χ4v) is 5.32. The molecule has 0 spiro atoms. The van der Waals surface area contributed by atoms with Crippen molar-refractivity contribution in [2.24, 2.45) is 5.92 Å². The molecule has 0 aromatic heterocycles. The van der Waals surface area contributed by atoms with Gasteiger partial charge in [0.05, 0.1) is 18.6 Å². The predicted molar refractivity (Wildman–Crippen MR) is 128 cm³/mol. The van der Waals surface area contributed by atoms with E-state index in [9.17, 15) is 13.2 Å². The highest BCUT2D eigenvalue weighted by Gasteiger charge is 2.32. The Balaban J connectivity index is 1.47. The lowest BCUT2D eigenvalue weighted by atomic mass is 9.87. The quantitative estimate of drug-likeness (QED) is 0.591. The van der Waals surface area contributed by atoms with Gasteiger partial charge >= 0.3 is 0 Å². The maximum absolute atomic E-state index is 13.0. The van der Waals surface area contributed by atoms with Gasteiger partial charge in [-0.05, 0) is 48.1 Å². The van der Waals surface area contributed by atoms with Gasteiger partial charge in [-0.2, -0.15) is 4.31 Å². The van der Waals surface area contributed by atoms with Crippen LogP contribution in [0.15, 0.2) is 53.4 Å². The fourth-order valence-electron chi connectivity index (χ4n) is 3.85. The Hall–Kier alpha value is -2.58. The van der Waals surface area contributed by atoms with Crippen LogP contribution in [0.3, 0.4) is 0 Å². The van der Waals surface area contributed by atoms with Crippen LogP contribution in [0.4, 0.5) is 0 Å². The largest absolute Gasteiger partial charge is 0.493 e. The number of carbonyl (C=O) groups is 1. The molecule has 33 heavy (non-hydrogen) atoms. The first-order valence-electron chi connectivity index (χ1n) is 11.3. The number of para-hydroxylation sites is 2. The lowest BCUT2D eigenvalue weighted by molar-refractivity contribution is -0.126. The number of nitrogens with one attached hydrogen (secondary N) is 1. The Morgan fingerprint density at radius 1 is 1.03 bits per heavy atom. The Morgan fingerprint density at radius 2 is 1.64 bits per heavy atom. The van der Waals surface area contributed by atoms with Crippen LogP contribution in [0.5, 0.6) is 11.5 Å². The highest BCUT2D eigenvalue weighted by atomic mass is 32.2. The molecule has 2 aromatic rings. The molecular weight excluding hydrogens is 440 g/mol. The van der Waals surface area contributed by atoms with Crippen molar-refractivity contribution >= 4 is 15.9 Å². The van der Waals surface area contributed by atoms with Gasteiger partial charge in [0.25, 0.3) is 0 Å². The molecule has 3 rings (SSSR count). The highest BCUT2D eigenvalue weighted by Crippen LogP contribution is 2.28. The highest BCUT2D eigenvalue weighted by molar-refractivity contribution is 7.89. The number of nitrogens with zero attached hydrogens (tertiary/aromatic N) is 1. The summed E-state index contributed by atoms with van der Waals surface area (Å²) in [5, 5.41) is 2.89. The molecule has 1 aliphatic heterocycles. The van der Waals surface area contributed by atoms with Crippen molar-refractivity contribution in [1.82, 2.24) is 9.62 Å². The Morgan fingerprint density at radius 3 is 2.21 bits per heavy atom. The molecule has 0 atom stereocenters. The predicted octanol–water partition coefficient (Wildman–Crippen LogP) is 3.59. The van der Waals surface area contributed by atoms with Gasteiger partial charge in [-0.25, -0.2) is 8.42 Å². The topological polar surface area (TPSA) is 84.9 Å². The van der Waals surface area contributed by atoms with Crippen LogP contribution in [-0.4, -0.2) is 52.0 Å². The van der Waals surface area contributed by atoms with Gasteiger partial charge in [0.15, 0.2) is 11.5 Å². The minimum absolute atomic E-state index is 0.0355. The molecule has 1 heterocycles. The molecule has 0 bridgehead atoms. The van der Waals surface area contributed by atoms with E-state index in [2.05, 4.69) is 26.1 Å². The second-order valence-electron chi connectivity index (χ2n) is 9.24. The molecule has 2 aromatic carbocycles. The van der Waals surface area contributed by atoms with Crippen LogP contribution >= 0.6 is 0 Å². The lowest BCUT2D eigenvalue weighted by Gasteiger charge is -2.30. The normalized spacial score (nSPS) is 15.8. The SMILES string of the molecule is COc1ccccc1OCCNC(=O)C1CCN(S(=O)(=O)c2ccc(C(C)(C)C)cc2)CC1. The first-order valence-corrected chi connectivity index (χ1v) is 12.7. The van der Waals surface area contributed by atoms with Gasteiger partial charge in [-0.15, -0.1) is 0 Å². The van der Waals surface area contributed by atoms with Gasteiger partial charge in [0, 0.05) is 19.0 Å². The van der Waals surface area contributed by atoms with E-state index >= 15 is 0 Å². The summed E-state index contributed by atoms with van der Waals surface area (Å²) >= 11 is 0.